The van der Waals surface area contributed by atoms with Crippen molar-refractivity contribution in [3.8, 4) is 11.5 Å². The average molecular weight is 673 g/mol. The zero-order valence-electron chi connectivity index (χ0n) is 27.5. The number of carbonyl (C=O) groups is 1. The lowest BCUT2D eigenvalue weighted by Gasteiger charge is -2.52. The van der Waals surface area contributed by atoms with E-state index in [9.17, 15) is 19.0 Å². The van der Waals surface area contributed by atoms with E-state index in [1.165, 1.54) is 18.9 Å². The van der Waals surface area contributed by atoms with E-state index in [-0.39, 0.29) is 6.61 Å². The number of benzene rings is 3. The van der Waals surface area contributed by atoms with E-state index >= 15 is 0 Å². The molecule has 1 atom stereocenters. The summed E-state index contributed by atoms with van der Waals surface area (Å²) < 4.78 is 43.3. The second-order valence-electron chi connectivity index (χ2n) is 11.6. The molecule has 0 aliphatic carbocycles. The lowest BCUT2D eigenvalue weighted by molar-refractivity contribution is -0.151. The Bertz CT molecular complexity index is 1410. The van der Waals surface area contributed by atoms with Crippen LogP contribution in [0.25, 0.3) is 0 Å². The topological polar surface area (TPSA) is 112 Å². The lowest BCUT2D eigenvalue weighted by Crippen LogP contribution is -2.54. The second kappa shape index (κ2) is 16.3. The highest BCUT2D eigenvalue weighted by atomic mass is 32.3. The third-order valence-electron chi connectivity index (χ3n) is 8.53. The number of ether oxygens (including phenoxy) is 3. The zero-order valence-corrected chi connectivity index (χ0v) is 29.1. The van der Waals surface area contributed by atoms with Crippen LogP contribution in [-0.2, 0) is 16.1 Å². The van der Waals surface area contributed by atoms with Crippen LogP contribution in [0.5, 0.6) is 11.5 Å². The highest BCUT2D eigenvalue weighted by Gasteiger charge is 2.49. The second-order valence-corrected chi connectivity index (χ2v) is 14.3. The van der Waals surface area contributed by atoms with Gasteiger partial charge in [0.2, 0.25) is 0 Å². The third-order valence-corrected chi connectivity index (χ3v) is 11.3. The van der Waals surface area contributed by atoms with Gasteiger partial charge in [0, 0.05) is 24.8 Å². The number of hydrogen-bond donors (Lipinski definition) is 3. The van der Waals surface area contributed by atoms with Crippen LogP contribution in [0.2, 0.25) is 0 Å². The van der Waals surface area contributed by atoms with Crippen molar-refractivity contribution in [3.63, 3.8) is 0 Å². The summed E-state index contributed by atoms with van der Waals surface area (Å²) in [5, 5.41) is 10.3. The van der Waals surface area contributed by atoms with E-state index in [1.807, 2.05) is 59.1 Å². The largest absolute Gasteiger partial charge is 0.497 e. The summed E-state index contributed by atoms with van der Waals surface area (Å²) in [6, 6.07) is 21.4. The number of methoxy groups -OCH3 is 2. The number of esters is 1. The summed E-state index contributed by atoms with van der Waals surface area (Å²) >= 11 is 1.44. The fourth-order valence-electron chi connectivity index (χ4n) is 5.99. The van der Waals surface area contributed by atoms with Crippen LogP contribution in [0.3, 0.4) is 0 Å². The Morgan fingerprint density at radius 1 is 1.00 bits per heavy atom. The number of aliphatic hydroxyl groups is 1. The molecule has 11 heteroatoms. The van der Waals surface area contributed by atoms with Crippen molar-refractivity contribution in [3.05, 3.63) is 72.3 Å². The van der Waals surface area contributed by atoms with E-state index in [0.717, 1.165) is 60.4 Å². The molecule has 0 saturated carbocycles. The van der Waals surface area contributed by atoms with Crippen LogP contribution in [0.15, 0.2) is 76.5 Å². The van der Waals surface area contributed by atoms with Crippen molar-refractivity contribution in [2.45, 2.75) is 80.4 Å². The highest BCUT2D eigenvalue weighted by Crippen LogP contribution is 2.64. The number of nitrogens with zero attached hydrogens (tertiary/aromatic N) is 2. The molecule has 3 N–H and O–H groups in total. The quantitative estimate of drug-likeness (QED) is 0.108. The fraction of sp³-hybridized carbons (Fsp3) is 0.457. The molecule has 0 radical (unpaired) electrons. The molecule has 9 nitrogen and oxygen atoms in total. The minimum atomic E-state index is -3.63. The Labute approximate surface area is 279 Å². The van der Waals surface area contributed by atoms with Gasteiger partial charge >= 0.3 is 5.97 Å². The van der Waals surface area contributed by atoms with E-state index in [4.69, 9.17) is 9.47 Å². The van der Waals surface area contributed by atoms with E-state index < -0.39 is 28.4 Å². The SMILES string of the molecule is CCCCC1(CCCC)CN(c2ccccc2)c2cc(SC)c(OCC(O)C(=O)OC)cc2S(O)(O)N1Cc1ccc(OC)cc1. The first-order valence-corrected chi connectivity index (χ1v) is 18.5. The summed E-state index contributed by atoms with van der Waals surface area (Å²) in [6.45, 7) is 4.84. The lowest BCUT2D eigenvalue weighted by atomic mass is 9.85. The molecule has 0 spiro atoms. The average Bonchev–Trinajstić information content (AvgIpc) is 3.16. The maximum Gasteiger partial charge on any atom is 0.338 e. The fourth-order valence-corrected chi connectivity index (χ4v) is 8.60. The first-order valence-electron chi connectivity index (χ1n) is 15.8. The van der Waals surface area contributed by atoms with Gasteiger partial charge in [-0.2, -0.15) is 4.31 Å². The van der Waals surface area contributed by atoms with Gasteiger partial charge in [-0.05, 0) is 55.0 Å². The van der Waals surface area contributed by atoms with Crippen molar-refractivity contribution in [1.82, 2.24) is 4.31 Å². The van der Waals surface area contributed by atoms with Crippen molar-refractivity contribution in [2.24, 2.45) is 0 Å². The molecule has 0 bridgehead atoms. The number of rotatable bonds is 15. The standard InChI is InChI=1S/C35H48N2O7S2/c1-6-8-19-35(20-9-7-2)25-36(27-13-11-10-12-14-27)29-21-32(45-5)31(44-24-30(38)34(39)43-4)22-33(29)46(40,41)37(35)23-26-15-17-28(42-3)18-16-26/h10-18,21-22,30,38,40-41H,6-9,19-20,23-25H2,1-5H3. The zero-order chi connectivity index (χ0) is 33.3. The number of thioether (sulfide) groups is 1. The van der Waals surface area contributed by atoms with Gasteiger partial charge in [-0.1, -0.05) is 69.9 Å². The molecule has 0 aromatic heterocycles. The first kappa shape index (κ1) is 35.9. The molecule has 252 valence electrons. The Hall–Kier alpha value is -2.93. The summed E-state index contributed by atoms with van der Waals surface area (Å²) in [5.74, 6) is 0.277. The first-order chi connectivity index (χ1) is 22.1. The molecule has 1 aliphatic rings. The molecule has 1 aliphatic heterocycles. The molecule has 46 heavy (non-hydrogen) atoms. The summed E-state index contributed by atoms with van der Waals surface area (Å²) in [5.41, 5.74) is 1.98. The predicted octanol–water partition coefficient (Wildman–Crippen LogP) is 8.13. The van der Waals surface area contributed by atoms with Gasteiger partial charge in [-0.25, -0.2) is 4.79 Å². The van der Waals surface area contributed by atoms with Crippen LogP contribution in [-0.4, -0.2) is 69.8 Å². The number of fused-ring (bicyclic) bond motifs is 1. The Morgan fingerprint density at radius 3 is 2.22 bits per heavy atom. The molecular formula is C35H48N2O7S2. The molecule has 4 rings (SSSR count). The Kier molecular flexibility index (Phi) is 12.7. The third kappa shape index (κ3) is 7.95. The minimum Gasteiger partial charge on any atom is -0.497 e. The molecule has 1 unspecified atom stereocenters. The number of anilines is 2. The monoisotopic (exact) mass is 672 g/mol. The van der Waals surface area contributed by atoms with Gasteiger partial charge in [0.15, 0.2) is 6.10 Å². The van der Waals surface area contributed by atoms with E-state index in [1.54, 1.807) is 13.2 Å². The molecule has 0 amide bonds. The highest BCUT2D eigenvalue weighted by molar-refractivity contribution is 8.22. The number of para-hydroxylation sites is 1. The van der Waals surface area contributed by atoms with Gasteiger partial charge < -0.3 is 24.2 Å². The molecule has 3 aromatic rings. The van der Waals surface area contributed by atoms with Gasteiger partial charge in [0.1, 0.15) is 23.0 Å². The van der Waals surface area contributed by atoms with Crippen molar-refractivity contribution in [1.29, 1.82) is 0 Å². The van der Waals surface area contributed by atoms with E-state index in [2.05, 4.69) is 35.6 Å². The number of aliphatic hydroxyl groups excluding tert-OH is 1. The summed E-state index contributed by atoms with van der Waals surface area (Å²) in [4.78, 5) is 15.2. The molecule has 0 saturated heterocycles. The van der Waals surface area contributed by atoms with Gasteiger partial charge in [-0.3, -0.25) is 9.11 Å². The van der Waals surface area contributed by atoms with Crippen molar-refractivity contribution < 1.29 is 33.2 Å². The molecule has 1 heterocycles. The molecule has 0 fully saturated rings. The van der Waals surface area contributed by atoms with Crippen LogP contribution < -0.4 is 14.4 Å². The number of hydrogen-bond acceptors (Lipinski definition) is 10. The molecular weight excluding hydrogens is 625 g/mol. The van der Waals surface area contributed by atoms with E-state index in [0.29, 0.717) is 29.4 Å². The summed E-state index contributed by atoms with van der Waals surface area (Å²) in [6.07, 6.45) is 5.77. The van der Waals surface area contributed by atoms with Crippen LogP contribution in [0.1, 0.15) is 57.9 Å². The van der Waals surface area contributed by atoms with Crippen molar-refractivity contribution in [2.75, 3.05) is 38.5 Å². The Balaban J connectivity index is 1.96. The smallest absolute Gasteiger partial charge is 0.338 e. The molecule has 3 aromatic carbocycles. The normalized spacial score (nSPS) is 17.0. The Morgan fingerprint density at radius 2 is 1.65 bits per heavy atom. The number of carbonyl (C=O) groups excluding carboxylic acids is 1. The predicted molar refractivity (Wildman–Crippen MR) is 187 cm³/mol. The summed E-state index contributed by atoms with van der Waals surface area (Å²) in [7, 11) is -0.801. The number of unbranched alkanes of at least 4 members (excludes halogenated alkanes) is 2. The van der Waals surface area contributed by atoms with Gasteiger partial charge in [0.25, 0.3) is 0 Å². The van der Waals surface area contributed by atoms with Crippen molar-refractivity contribution >= 4 is 39.9 Å². The maximum absolute atomic E-state index is 12.6. The maximum atomic E-state index is 12.6. The van der Waals surface area contributed by atoms with Crippen LogP contribution in [0, 0.1) is 0 Å². The van der Waals surface area contributed by atoms with Gasteiger partial charge in [0.05, 0.1) is 30.3 Å². The minimum absolute atomic E-state index is 0.309. The van der Waals surface area contributed by atoms with Crippen LogP contribution >= 0.6 is 22.5 Å². The van der Waals surface area contributed by atoms with Crippen LogP contribution in [0.4, 0.5) is 11.4 Å². The van der Waals surface area contributed by atoms with Gasteiger partial charge in [-0.15, -0.1) is 22.5 Å².